The fourth-order valence-electron chi connectivity index (χ4n) is 5.06. The van der Waals surface area contributed by atoms with Gasteiger partial charge in [0.1, 0.15) is 17.0 Å². The van der Waals surface area contributed by atoms with Crippen molar-refractivity contribution >= 4 is 22.7 Å². The number of nitrogens with one attached hydrogen (secondary N) is 1. The summed E-state index contributed by atoms with van der Waals surface area (Å²) in [5.41, 5.74) is 1.35. The van der Waals surface area contributed by atoms with E-state index in [4.69, 9.17) is 9.47 Å². The van der Waals surface area contributed by atoms with Crippen LogP contribution in [0.15, 0.2) is 54.6 Å². The maximum atomic E-state index is 13.9. The second-order valence-corrected chi connectivity index (χ2v) is 9.23. The number of amides is 2. The molecule has 1 saturated heterocycles. The SMILES string of the molecule is CCOc1ccccc1CN1C(=O)c2cc3ccccc3n2CC1(C)C(=O)NCC1CCCO1. The predicted molar refractivity (Wildman–Crippen MR) is 130 cm³/mol. The second kappa shape index (κ2) is 9.14. The Morgan fingerprint density at radius 3 is 2.79 bits per heavy atom. The summed E-state index contributed by atoms with van der Waals surface area (Å²) in [7, 11) is 0. The lowest BCUT2D eigenvalue weighted by atomic mass is 9.93. The average Bonchev–Trinajstić information content (AvgIpc) is 3.49. The molecular formula is C27H31N3O4. The van der Waals surface area contributed by atoms with Crippen molar-refractivity contribution in [1.29, 1.82) is 0 Å². The van der Waals surface area contributed by atoms with E-state index in [-0.39, 0.29) is 24.5 Å². The van der Waals surface area contributed by atoms with E-state index in [0.29, 0.717) is 25.4 Å². The Kier molecular flexibility index (Phi) is 6.04. The Morgan fingerprint density at radius 2 is 2.00 bits per heavy atom. The van der Waals surface area contributed by atoms with Crippen LogP contribution in [0.25, 0.3) is 10.9 Å². The van der Waals surface area contributed by atoms with E-state index in [1.165, 1.54) is 0 Å². The van der Waals surface area contributed by atoms with Crippen LogP contribution in [0.5, 0.6) is 5.75 Å². The standard InChI is InChI=1S/C27H31N3O4/c1-3-33-24-13-7-5-10-20(24)17-30-25(31)23-15-19-9-4-6-12-22(19)29(23)18-27(30,2)26(32)28-16-21-11-8-14-34-21/h4-7,9-10,12-13,15,21H,3,8,11,14,16-18H2,1-2H3,(H,28,32). The van der Waals surface area contributed by atoms with E-state index in [0.717, 1.165) is 41.7 Å². The molecule has 2 aromatic carbocycles. The minimum atomic E-state index is -1.08. The zero-order valence-electron chi connectivity index (χ0n) is 19.8. The molecular weight excluding hydrogens is 430 g/mol. The van der Waals surface area contributed by atoms with Crippen LogP contribution in [0.2, 0.25) is 0 Å². The normalized spacial score (nSPS) is 22.1. The number of rotatable bonds is 7. The molecule has 0 spiro atoms. The molecule has 0 bridgehead atoms. The Labute approximate surface area is 199 Å². The predicted octanol–water partition coefficient (Wildman–Crippen LogP) is 3.75. The molecule has 0 aliphatic carbocycles. The number of hydrogen-bond acceptors (Lipinski definition) is 4. The number of carbonyl (C=O) groups excluding carboxylic acids is 2. The smallest absolute Gasteiger partial charge is 0.271 e. The first-order valence-electron chi connectivity index (χ1n) is 12.0. The van der Waals surface area contributed by atoms with E-state index in [2.05, 4.69) is 5.32 Å². The summed E-state index contributed by atoms with van der Waals surface area (Å²) >= 11 is 0. The van der Waals surface area contributed by atoms with Crippen molar-refractivity contribution in [3.05, 3.63) is 65.9 Å². The van der Waals surface area contributed by atoms with Gasteiger partial charge >= 0.3 is 0 Å². The maximum absolute atomic E-state index is 13.9. The van der Waals surface area contributed by atoms with E-state index < -0.39 is 5.54 Å². The molecule has 34 heavy (non-hydrogen) atoms. The molecule has 5 rings (SSSR count). The fraction of sp³-hybridized carbons (Fsp3) is 0.407. The van der Waals surface area contributed by atoms with Gasteiger partial charge in [0.2, 0.25) is 5.91 Å². The van der Waals surface area contributed by atoms with E-state index >= 15 is 0 Å². The van der Waals surface area contributed by atoms with Gasteiger partial charge in [0.05, 0.1) is 25.8 Å². The summed E-state index contributed by atoms with van der Waals surface area (Å²) in [6, 6.07) is 17.5. The molecule has 3 heterocycles. The van der Waals surface area contributed by atoms with E-state index in [9.17, 15) is 9.59 Å². The first-order chi connectivity index (χ1) is 16.5. The van der Waals surface area contributed by atoms with E-state index in [1.807, 2.05) is 73.0 Å². The maximum Gasteiger partial charge on any atom is 0.271 e. The summed E-state index contributed by atoms with van der Waals surface area (Å²) in [6.45, 7) is 6.15. The van der Waals surface area contributed by atoms with Crippen LogP contribution in [-0.4, -0.2) is 52.7 Å². The highest BCUT2D eigenvalue weighted by atomic mass is 16.5. The van der Waals surface area contributed by atoms with E-state index in [1.54, 1.807) is 4.90 Å². The first kappa shape index (κ1) is 22.5. The van der Waals surface area contributed by atoms with Gasteiger partial charge in [-0.25, -0.2) is 0 Å². The van der Waals surface area contributed by atoms with Gasteiger partial charge in [0.15, 0.2) is 0 Å². The van der Waals surface area contributed by atoms with Crippen molar-refractivity contribution in [2.75, 3.05) is 19.8 Å². The van der Waals surface area contributed by atoms with Gasteiger partial charge in [-0.1, -0.05) is 36.4 Å². The van der Waals surface area contributed by atoms with Crippen LogP contribution < -0.4 is 10.1 Å². The summed E-state index contributed by atoms with van der Waals surface area (Å²) in [5, 5.41) is 4.07. The van der Waals surface area contributed by atoms with Crippen LogP contribution in [-0.2, 0) is 22.6 Å². The highest BCUT2D eigenvalue weighted by Gasteiger charge is 2.48. The number of ether oxygens (including phenoxy) is 2. The minimum absolute atomic E-state index is 0.0296. The summed E-state index contributed by atoms with van der Waals surface area (Å²) in [4.78, 5) is 29.3. The molecule has 1 fully saturated rings. The molecule has 178 valence electrons. The molecule has 2 unspecified atom stereocenters. The fourth-order valence-corrected chi connectivity index (χ4v) is 5.06. The second-order valence-electron chi connectivity index (χ2n) is 9.23. The highest BCUT2D eigenvalue weighted by molar-refractivity contribution is 6.03. The van der Waals surface area contributed by atoms with Gasteiger partial charge in [-0.3, -0.25) is 9.59 Å². The molecule has 7 nitrogen and oxygen atoms in total. The molecule has 7 heteroatoms. The Balaban J connectivity index is 1.53. The molecule has 1 N–H and O–H groups in total. The number of fused-ring (bicyclic) bond motifs is 3. The summed E-state index contributed by atoms with van der Waals surface area (Å²) < 4.78 is 13.5. The Bertz CT molecular complexity index is 1210. The lowest BCUT2D eigenvalue weighted by molar-refractivity contribution is -0.133. The number of carbonyl (C=O) groups is 2. The summed E-state index contributed by atoms with van der Waals surface area (Å²) in [6.07, 6.45) is 1.98. The number of benzene rings is 2. The molecule has 3 aromatic rings. The van der Waals surface area contributed by atoms with Crippen LogP contribution in [0.1, 0.15) is 42.7 Å². The number of aromatic nitrogens is 1. The third-order valence-electron chi connectivity index (χ3n) is 6.94. The monoisotopic (exact) mass is 461 g/mol. The lowest BCUT2D eigenvalue weighted by Crippen LogP contribution is -2.64. The van der Waals surface area contributed by atoms with Crippen LogP contribution in [0, 0.1) is 0 Å². The third kappa shape index (κ3) is 3.94. The molecule has 2 aliphatic heterocycles. The van der Waals surface area contributed by atoms with Gasteiger partial charge in [0, 0.05) is 29.6 Å². The van der Waals surface area contributed by atoms with Crippen LogP contribution in [0.4, 0.5) is 0 Å². The minimum Gasteiger partial charge on any atom is -0.494 e. The Hall–Kier alpha value is -3.32. The number of hydrogen-bond donors (Lipinski definition) is 1. The third-order valence-corrected chi connectivity index (χ3v) is 6.94. The Morgan fingerprint density at radius 1 is 1.21 bits per heavy atom. The number of para-hydroxylation sites is 2. The van der Waals surface area contributed by atoms with Crippen molar-refractivity contribution < 1.29 is 19.1 Å². The van der Waals surface area contributed by atoms with Crippen molar-refractivity contribution in [3.63, 3.8) is 0 Å². The van der Waals surface area contributed by atoms with Crippen molar-refractivity contribution in [1.82, 2.24) is 14.8 Å². The van der Waals surface area contributed by atoms with Gasteiger partial charge in [-0.15, -0.1) is 0 Å². The van der Waals surface area contributed by atoms with Gasteiger partial charge in [-0.2, -0.15) is 0 Å². The van der Waals surface area contributed by atoms with Crippen molar-refractivity contribution in [2.45, 2.75) is 51.4 Å². The topological polar surface area (TPSA) is 72.8 Å². The lowest BCUT2D eigenvalue weighted by Gasteiger charge is -2.44. The average molecular weight is 462 g/mol. The zero-order chi connectivity index (χ0) is 23.7. The van der Waals surface area contributed by atoms with Crippen LogP contribution in [0.3, 0.4) is 0 Å². The molecule has 1 aromatic heterocycles. The number of nitrogens with zero attached hydrogens (tertiary/aromatic N) is 2. The highest BCUT2D eigenvalue weighted by Crippen LogP contribution is 2.34. The van der Waals surface area contributed by atoms with Crippen molar-refractivity contribution in [2.24, 2.45) is 0 Å². The largest absolute Gasteiger partial charge is 0.494 e. The van der Waals surface area contributed by atoms with Crippen LogP contribution >= 0.6 is 0 Å². The van der Waals surface area contributed by atoms with Crippen molar-refractivity contribution in [3.8, 4) is 5.75 Å². The zero-order valence-corrected chi connectivity index (χ0v) is 19.8. The molecule has 2 aliphatic rings. The molecule has 2 atom stereocenters. The summed E-state index contributed by atoms with van der Waals surface area (Å²) in [5.74, 6) is 0.392. The molecule has 0 saturated carbocycles. The molecule has 0 radical (unpaired) electrons. The van der Waals surface area contributed by atoms with Gasteiger partial charge in [0.25, 0.3) is 5.91 Å². The van der Waals surface area contributed by atoms with Gasteiger partial charge < -0.3 is 24.3 Å². The van der Waals surface area contributed by atoms with Gasteiger partial charge in [-0.05, 0) is 44.9 Å². The first-order valence-corrected chi connectivity index (χ1v) is 12.0. The molecule has 2 amide bonds. The quantitative estimate of drug-likeness (QED) is 0.582.